The average Bonchev–Trinajstić information content (AvgIpc) is 2.41. The molecular formula is C15H14ClF2N. The fourth-order valence-electron chi connectivity index (χ4n) is 1.96. The van der Waals surface area contributed by atoms with E-state index in [1.807, 2.05) is 6.92 Å². The zero-order chi connectivity index (χ0) is 13.8. The van der Waals surface area contributed by atoms with Gasteiger partial charge in [-0.25, -0.2) is 8.78 Å². The molecule has 0 heterocycles. The molecule has 0 saturated heterocycles. The molecule has 0 bridgehead atoms. The Bertz CT molecular complexity index is 572. The van der Waals surface area contributed by atoms with Gasteiger partial charge in [0.2, 0.25) is 0 Å². The van der Waals surface area contributed by atoms with Gasteiger partial charge in [0.05, 0.1) is 16.8 Å². The lowest BCUT2D eigenvalue weighted by Gasteiger charge is -2.20. The highest BCUT2D eigenvalue weighted by atomic mass is 35.5. The largest absolute Gasteiger partial charge is 0.376 e. The molecule has 0 aliphatic carbocycles. The molecular weight excluding hydrogens is 268 g/mol. The van der Waals surface area contributed by atoms with Gasteiger partial charge in [0.25, 0.3) is 0 Å². The SMILES string of the molecule is CCC(Nc1cccc(Cl)c1F)c1ccccc1F. The summed E-state index contributed by atoms with van der Waals surface area (Å²) in [5, 5.41) is 3.04. The maximum Gasteiger partial charge on any atom is 0.164 e. The van der Waals surface area contributed by atoms with Crippen molar-refractivity contribution in [3.8, 4) is 0 Å². The first-order valence-electron chi connectivity index (χ1n) is 6.08. The average molecular weight is 282 g/mol. The third-order valence-corrected chi connectivity index (χ3v) is 3.26. The fraction of sp³-hybridized carbons (Fsp3) is 0.200. The fourth-order valence-corrected chi connectivity index (χ4v) is 2.13. The minimum Gasteiger partial charge on any atom is -0.376 e. The number of hydrogen-bond acceptors (Lipinski definition) is 1. The quantitative estimate of drug-likeness (QED) is 0.814. The van der Waals surface area contributed by atoms with Gasteiger partial charge in [-0.05, 0) is 24.6 Å². The molecule has 2 rings (SSSR count). The Kier molecular flexibility index (Phi) is 4.38. The predicted octanol–water partition coefficient (Wildman–Crippen LogP) is 5.18. The summed E-state index contributed by atoms with van der Waals surface area (Å²) in [5.41, 5.74) is 0.798. The lowest BCUT2D eigenvalue weighted by molar-refractivity contribution is 0.582. The van der Waals surface area contributed by atoms with Crippen molar-refractivity contribution in [2.75, 3.05) is 5.32 Å². The van der Waals surface area contributed by atoms with Crippen LogP contribution >= 0.6 is 11.6 Å². The molecule has 0 aromatic heterocycles. The van der Waals surface area contributed by atoms with E-state index in [0.717, 1.165) is 0 Å². The van der Waals surface area contributed by atoms with E-state index in [9.17, 15) is 8.78 Å². The van der Waals surface area contributed by atoms with Crippen molar-refractivity contribution >= 4 is 17.3 Å². The Morgan fingerprint density at radius 1 is 1.11 bits per heavy atom. The molecule has 1 N–H and O–H groups in total. The van der Waals surface area contributed by atoms with Gasteiger partial charge >= 0.3 is 0 Å². The molecule has 100 valence electrons. The highest BCUT2D eigenvalue weighted by Gasteiger charge is 2.15. The van der Waals surface area contributed by atoms with Crippen LogP contribution in [-0.2, 0) is 0 Å². The minimum absolute atomic E-state index is 0.0494. The Morgan fingerprint density at radius 3 is 2.53 bits per heavy atom. The van der Waals surface area contributed by atoms with Crippen molar-refractivity contribution in [2.24, 2.45) is 0 Å². The molecule has 0 radical (unpaired) electrons. The highest BCUT2D eigenvalue weighted by molar-refractivity contribution is 6.31. The van der Waals surface area contributed by atoms with E-state index >= 15 is 0 Å². The number of rotatable bonds is 4. The molecule has 19 heavy (non-hydrogen) atoms. The monoisotopic (exact) mass is 281 g/mol. The highest BCUT2D eigenvalue weighted by Crippen LogP contribution is 2.28. The summed E-state index contributed by atoms with van der Waals surface area (Å²) in [4.78, 5) is 0. The molecule has 2 aromatic carbocycles. The van der Waals surface area contributed by atoms with Crippen LogP contribution in [0.1, 0.15) is 24.9 Å². The van der Waals surface area contributed by atoms with E-state index in [0.29, 0.717) is 12.0 Å². The first-order chi connectivity index (χ1) is 9.13. The predicted molar refractivity (Wildman–Crippen MR) is 74.5 cm³/mol. The molecule has 0 aliphatic rings. The molecule has 0 amide bonds. The smallest absolute Gasteiger partial charge is 0.164 e. The Morgan fingerprint density at radius 2 is 1.84 bits per heavy atom. The van der Waals surface area contributed by atoms with E-state index in [1.54, 1.807) is 30.3 Å². The molecule has 0 saturated carbocycles. The molecule has 1 nitrogen and oxygen atoms in total. The second-order valence-corrected chi connectivity index (χ2v) is 4.64. The van der Waals surface area contributed by atoms with E-state index < -0.39 is 5.82 Å². The van der Waals surface area contributed by atoms with Crippen LogP contribution in [0.25, 0.3) is 0 Å². The molecule has 0 fully saturated rings. The second kappa shape index (κ2) is 6.02. The van der Waals surface area contributed by atoms with Gasteiger partial charge in [-0.1, -0.05) is 42.8 Å². The summed E-state index contributed by atoms with van der Waals surface area (Å²) < 4.78 is 27.6. The normalized spacial score (nSPS) is 12.2. The van der Waals surface area contributed by atoms with E-state index in [1.165, 1.54) is 12.1 Å². The summed E-state index contributed by atoms with van der Waals surface area (Å²) in [6.07, 6.45) is 0.632. The van der Waals surface area contributed by atoms with Crippen LogP contribution in [0.15, 0.2) is 42.5 Å². The summed E-state index contributed by atoms with van der Waals surface area (Å²) in [5.74, 6) is -0.816. The first kappa shape index (κ1) is 13.8. The van der Waals surface area contributed by atoms with Crippen LogP contribution < -0.4 is 5.32 Å². The number of anilines is 1. The third-order valence-electron chi connectivity index (χ3n) is 2.97. The summed E-state index contributed by atoms with van der Waals surface area (Å²) >= 11 is 5.73. The van der Waals surface area contributed by atoms with Crippen molar-refractivity contribution in [3.05, 3.63) is 64.7 Å². The first-order valence-corrected chi connectivity index (χ1v) is 6.46. The van der Waals surface area contributed by atoms with Crippen LogP contribution in [0.4, 0.5) is 14.5 Å². The van der Waals surface area contributed by atoms with Crippen LogP contribution in [0.3, 0.4) is 0 Å². The molecule has 1 unspecified atom stereocenters. The van der Waals surface area contributed by atoms with Crippen molar-refractivity contribution in [2.45, 2.75) is 19.4 Å². The van der Waals surface area contributed by atoms with E-state index in [4.69, 9.17) is 11.6 Å². The van der Waals surface area contributed by atoms with Gasteiger partial charge in [-0.15, -0.1) is 0 Å². The van der Waals surface area contributed by atoms with E-state index in [2.05, 4.69) is 5.32 Å². The van der Waals surface area contributed by atoms with Crippen LogP contribution in [0.2, 0.25) is 5.02 Å². The zero-order valence-corrected chi connectivity index (χ0v) is 11.2. The molecule has 0 aliphatic heterocycles. The summed E-state index contributed by atoms with van der Waals surface area (Å²) in [7, 11) is 0. The van der Waals surface area contributed by atoms with Crippen LogP contribution in [-0.4, -0.2) is 0 Å². The summed E-state index contributed by atoms with van der Waals surface area (Å²) in [6, 6.07) is 10.9. The lowest BCUT2D eigenvalue weighted by Crippen LogP contribution is -2.12. The number of nitrogens with one attached hydrogen (secondary N) is 1. The molecule has 1 atom stereocenters. The van der Waals surface area contributed by atoms with Crippen molar-refractivity contribution in [3.63, 3.8) is 0 Å². The van der Waals surface area contributed by atoms with Gasteiger partial charge in [0.15, 0.2) is 5.82 Å². The Labute approximate surface area is 116 Å². The minimum atomic E-state index is -0.515. The van der Waals surface area contributed by atoms with Crippen LogP contribution in [0.5, 0.6) is 0 Å². The van der Waals surface area contributed by atoms with E-state index in [-0.39, 0.29) is 22.6 Å². The maximum atomic E-state index is 13.8. The third kappa shape index (κ3) is 3.04. The summed E-state index contributed by atoms with van der Waals surface area (Å²) in [6.45, 7) is 1.91. The van der Waals surface area contributed by atoms with Crippen LogP contribution in [0, 0.1) is 11.6 Å². The topological polar surface area (TPSA) is 12.0 Å². The molecule has 0 spiro atoms. The Hall–Kier alpha value is -1.61. The molecule has 4 heteroatoms. The number of benzene rings is 2. The standard InChI is InChI=1S/C15H14ClF2N/c1-2-13(10-6-3-4-8-12(10)17)19-14-9-5-7-11(16)15(14)18/h3-9,13,19H,2H2,1H3. The Balaban J connectivity index is 2.30. The van der Waals surface area contributed by atoms with Crippen molar-refractivity contribution in [1.29, 1.82) is 0 Å². The van der Waals surface area contributed by atoms with Gasteiger partial charge < -0.3 is 5.32 Å². The number of halogens is 3. The molecule has 2 aromatic rings. The van der Waals surface area contributed by atoms with Gasteiger partial charge in [0, 0.05) is 5.56 Å². The zero-order valence-electron chi connectivity index (χ0n) is 10.5. The number of hydrogen-bond donors (Lipinski definition) is 1. The van der Waals surface area contributed by atoms with Crippen molar-refractivity contribution in [1.82, 2.24) is 0 Å². The maximum absolute atomic E-state index is 13.8. The van der Waals surface area contributed by atoms with Gasteiger partial charge in [-0.3, -0.25) is 0 Å². The lowest BCUT2D eigenvalue weighted by atomic mass is 10.0. The van der Waals surface area contributed by atoms with Crippen molar-refractivity contribution < 1.29 is 8.78 Å². The van der Waals surface area contributed by atoms with Gasteiger partial charge in [-0.2, -0.15) is 0 Å². The second-order valence-electron chi connectivity index (χ2n) is 4.23. The van der Waals surface area contributed by atoms with Gasteiger partial charge in [0.1, 0.15) is 5.82 Å².